The summed E-state index contributed by atoms with van der Waals surface area (Å²) in [5.41, 5.74) is 7.36. The fourth-order valence-electron chi connectivity index (χ4n) is 3.49. The maximum Gasteiger partial charge on any atom is 0.160 e. The van der Waals surface area contributed by atoms with Crippen LogP contribution < -0.4 is 0 Å². The second kappa shape index (κ2) is 9.95. The zero-order valence-corrected chi connectivity index (χ0v) is 17.6. The number of ketones is 1. The van der Waals surface area contributed by atoms with Gasteiger partial charge in [0.05, 0.1) is 11.4 Å². The van der Waals surface area contributed by atoms with Gasteiger partial charge in [-0.15, -0.1) is 0 Å². The number of carbonyl (C=O) groups excluding carboxylic acids is 1. The van der Waals surface area contributed by atoms with Crippen molar-refractivity contribution in [3.63, 3.8) is 0 Å². The van der Waals surface area contributed by atoms with E-state index in [4.69, 9.17) is 10.1 Å². The molecule has 0 radical (unpaired) electrons. The third kappa shape index (κ3) is 4.81. The Balaban J connectivity index is 1.94. The highest BCUT2D eigenvalue weighted by atomic mass is 16.2. The van der Waals surface area contributed by atoms with Crippen LogP contribution in [0.25, 0.3) is 34.5 Å². The molecule has 0 fully saturated rings. The zero-order chi connectivity index (χ0) is 21.5. The summed E-state index contributed by atoms with van der Waals surface area (Å²) in [6.07, 6.45) is 7.17. The van der Waals surface area contributed by atoms with Crippen LogP contribution in [0, 0.1) is 0 Å². The number of rotatable bonds is 8. The molecule has 152 valence electrons. The molecule has 0 atom stereocenters. The summed E-state index contributed by atoms with van der Waals surface area (Å²) >= 11 is 0. The quantitative estimate of drug-likeness (QED) is 0.459. The van der Waals surface area contributed by atoms with E-state index in [0.717, 1.165) is 46.5 Å². The second-order valence-electron chi connectivity index (χ2n) is 7.22. The van der Waals surface area contributed by atoms with E-state index in [1.807, 2.05) is 37.3 Å². The lowest BCUT2D eigenvalue weighted by atomic mass is 9.97. The molecule has 0 aliphatic heterocycles. The Hall–Kier alpha value is -3.30. The molecular weight excluding hydrogens is 370 g/mol. The highest BCUT2D eigenvalue weighted by molar-refractivity contribution is 5.99. The van der Waals surface area contributed by atoms with E-state index in [-0.39, 0.29) is 12.4 Å². The molecule has 0 saturated heterocycles. The Morgan fingerprint density at radius 2 is 1.63 bits per heavy atom. The van der Waals surface area contributed by atoms with Crippen LogP contribution >= 0.6 is 0 Å². The standard InChI is InChI=1S/C27H27NO2/c1-4-7-26-24(5-2)25(19(3)30)18-27(28-26)23-15-13-22(14-16-23)21-11-9-20(10-12-21)8-6-17-29/h4-5,7,9-16,18,29H,2,6,8,17H2,1,3H3/b7-4-. The molecule has 2 aromatic carbocycles. The van der Waals surface area contributed by atoms with Crippen LogP contribution in [0.15, 0.2) is 67.3 Å². The topological polar surface area (TPSA) is 50.2 Å². The molecule has 1 N–H and O–H groups in total. The molecule has 1 heterocycles. The lowest BCUT2D eigenvalue weighted by Crippen LogP contribution is -2.02. The summed E-state index contributed by atoms with van der Waals surface area (Å²) in [6, 6.07) is 18.5. The first-order chi connectivity index (χ1) is 14.6. The van der Waals surface area contributed by atoms with E-state index in [1.165, 1.54) is 5.56 Å². The van der Waals surface area contributed by atoms with Crippen LogP contribution in [0.3, 0.4) is 0 Å². The van der Waals surface area contributed by atoms with Crippen molar-refractivity contribution in [1.29, 1.82) is 0 Å². The highest BCUT2D eigenvalue weighted by Gasteiger charge is 2.13. The second-order valence-corrected chi connectivity index (χ2v) is 7.22. The molecule has 3 heteroatoms. The fourth-order valence-corrected chi connectivity index (χ4v) is 3.49. The highest BCUT2D eigenvalue weighted by Crippen LogP contribution is 2.28. The molecule has 0 aliphatic carbocycles. The van der Waals surface area contributed by atoms with Crippen LogP contribution in [-0.2, 0) is 6.42 Å². The minimum Gasteiger partial charge on any atom is -0.396 e. The molecule has 1 aromatic heterocycles. The maximum absolute atomic E-state index is 12.2. The van der Waals surface area contributed by atoms with Crippen molar-refractivity contribution in [3.05, 3.63) is 89.6 Å². The first-order valence-corrected chi connectivity index (χ1v) is 10.2. The maximum atomic E-state index is 12.2. The van der Waals surface area contributed by atoms with Gasteiger partial charge in [0.15, 0.2) is 5.78 Å². The number of hydrogen-bond donors (Lipinski definition) is 1. The Morgan fingerprint density at radius 1 is 1.03 bits per heavy atom. The number of aliphatic hydroxyl groups excluding tert-OH is 1. The van der Waals surface area contributed by atoms with E-state index < -0.39 is 0 Å². The van der Waals surface area contributed by atoms with Gasteiger partial charge in [-0.05, 0) is 55.5 Å². The van der Waals surface area contributed by atoms with Crippen molar-refractivity contribution in [1.82, 2.24) is 4.98 Å². The van der Waals surface area contributed by atoms with Gasteiger partial charge in [-0.25, -0.2) is 4.98 Å². The number of pyridine rings is 1. The molecule has 3 aromatic rings. The lowest BCUT2D eigenvalue weighted by Gasteiger charge is -2.11. The van der Waals surface area contributed by atoms with Gasteiger partial charge in [0, 0.05) is 23.3 Å². The minimum absolute atomic E-state index is 0.00258. The number of aliphatic hydroxyl groups is 1. The minimum atomic E-state index is -0.00258. The summed E-state index contributed by atoms with van der Waals surface area (Å²) in [5, 5.41) is 8.97. The van der Waals surface area contributed by atoms with Crippen molar-refractivity contribution in [2.75, 3.05) is 6.61 Å². The van der Waals surface area contributed by atoms with Gasteiger partial charge in [0.2, 0.25) is 0 Å². The van der Waals surface area contributed by atoms with Gasteiger partial charge in [-0.3, -0.25) is 4.79 Å². The Labute approximate surface area is 178 Å². The largest absolute Gasteiger partial charge is 0.396 e. The van der Waals surface area contributed by atoms with Gasteiger partial charge in [-0.2, -0.15) is 0 Å². The van der Waals surface area contributed by atoms with Crippen molar-refractivity contribution >= 4 is 17.9 Å². The lowest BCUT2D eigenvalue weighted by molar-refractivity contribution is 0.101. The molecule has 3 nitrogen and oxygen atoms in total. The predicted octanol–water partition coefficient (Wildman–Crippen LogP) is 6.22. The summed E-state index contributed by atoms with van der Waals surface area (Å²) in [4.78, 5) is 16.9. The molecule has 0 spiro atoms. The smallest absolute Gasteiger partial charge is 0.160 e. The van der Waals surface area contributed by atoms with E-state index in [2.05, 4.69) is 43.0 Å². The molecule has 0 aliphatic rings. The number of benzene rings is 2. The predicted molar refractivity (Wildman–Crippen MR) is 125 cm³/mol. The number of carbonyl (C=O) groups is 1. The molecule has 0 unspecified atom stereocenters. The zero-order valence-electron chi connectivity index (χ0n) is 17.6. The molecule has 0 amide bonds. The average molecular weight is 398 g/mol. The molecule has 3 rings (SSSR count). The van der Waals surface area contributed by atoms with Gasteiger partial charge < -0.3 is 5.11 Å². The van der Waals surface area contributed by atoms with Crippen LogP contribution in [0.5, 0.6) is 0 Å². The monoisotopic (exact) mass is 397 g/mol. The number of Topliss-reactive ketones (excluding diaryl/α,β-unsaturated/α-hetero) is 1. The Kier molecular flexibility index (Phi) is 7.10. The number of aryl methyl sites for hydroxylation is 1. The van der Waals surface area contributed by atoms with Gasteiger partial charge in [0.1, 0.15) is 0 Å². The van der Waals surface area contributed by atoms with Gasteiger partial charge >= 0.3 is 0 Å². The average Bonchev–Trinajstić information content (AvgIpc) is 2.78. The number of nitrogens with zero attached hydrogens (tertiary/aromatic N) is 1. The van der Waals surface area contributed by atoms with E-state index in [9.17, 15) is 4.79 Å². The normalized spacial score (nSPS) is 11.0. The molecule has 30 heavy (non-hydrogen) atoms. The Morgan fingerprint density at radius 3 is 2.17 bits per heavy atom. The summed E-state index contributed by atoms with van der Waals surface area (Å²) in [5.74, 6) is -0.00258. The summed E-state index contributed by atoms with van der Waals surface area (Å²) in [7, 11) is 0. The third-order valence-electron chi connectivity index (χ3n) is 5.09. The summed E-state index contributed by atoms with van der Waals surface area (Å²) < 4.78 is 0. The van der Waals surface area contributed by atoms with E-state index in [0.29, 0.717) is 5.56 Å². The van der Waals surface area contributed by atoms with Crippen molar-refractivity contribution < 1.29 is 9.90 Å². The number of hydrogen-bond acceptors (Lipinski definition) is 3. The van der Waals surface area contributed by atoms with Crippen molar-refractivity contribution in [3.8, 4) is 22.4 Å². The summed E-state index contributed by atoms with van der Waals surface area (Å²) in [6.45, 7) is 7.56. The SMILES string of the molecule is C=Cc1c(C(C)=O)cc(-c2ccc(-c3ccc(CCCO)cc3)cc2)nc1/C=C\C. The molecule has 0 saturated carbocycles. The van der Waals surface area contributed by atoms with Crippen LogP contribution in [0.2, 0.25) is 0 Å². The molecule has 0 bridgehead atoms. The van der Waals surface area contributed by atoms with Gasteiger partial charge in [0.25, 0.3) is 0 Å². The Bertz CT molecular complexity index is 1060. The molecular formula is C27H27NO2. The van der Waals surface area contributed by atoms with E-state index in [1.54, 1.807) is 13.0 Å². The van der Waals surface area contributed by atoms with Crippen LogP contribution in [0.4, 0.5) is 0 Å². The van der Waals surface area contributed by atoms with Crippen LogP contribution in [-0.4, -0.2) is 22.5 Å². The first kappa shape index (κ1) is 21.4. The third-order valence-corrected chi connectivity index (χ3v) is 5.09. The fraction of sp³-hybridized carbons (Fsp3) is 0.185. The van der Waals surface area contributed by atoms with Crippen molar-refractivity contribution in [2.24, 2.45) is 0 Å². The van der Waals surface area contributed by atoms with Crippen LogP contribution in [0.1, 0.15) is 47.4 Å². The number of allylic oxidation sites excluding steroid dienone is 1. The van der Waals surface area contributed by atoms with E-state index >= 15 is 0 Å². The van der Waals surface area contributed by atoms with Crippen molar-refractivity contribution in [2.45, 2.75) is 26.7 Å². The first-order valence-electron chi connectivity index (χ1n) is 10.2. The number of aromatic nitrogens is 1. The van der Waals surface area contributed by atoms with Gasteiger partial charge in [-0.1, -0.05) is 67.3 Å².